The highest BCUT2D eigenvalue weighted by Gasteiger charge is 2.36. The van der Waals surface area contributed by atoms with Crippen molar-refractivity contribution in [3.63, 3.8) is 0 Å². The quantitative estimate of drug-likeness (QED) is 0.619. The third kappa shape index (κ3) is 4.51. The SMILES string of the molecule is Cc1cc(=O)oc2cc(NC(=O)[C@@H]3CCCN3C(=O)[C@@H](N)Cc3ccccc3)ccc12. The number of rotatable bonds is 5. The van der Waals surface area contributed by atoms with Gasteiger partial charge in [0.25, 0.3) is 0 Å². The number of anilines is 1. The number of nitrogens with two attached hydrogens (primary N) is 1. The molecule has 1 aromatic heterocycles. The van der Waals surface area contributed by atoms with Crippen LogP contribution in [0.25, 0.3) is 11.0 Å². The minimum Gasteiger partial charge on any atom is -0.423 e. The van der Waals surface area contributed by atoms with Crippen molar-refractivity contribution in [2.24, 2.45) is 5.73 Å². The number of nitrogens with zero attached hydrogens (tertiary/aromatic N) is 1. The lowest BCUT2D eigenvalue weighted by Gasteiger charge is -2.26. The standard InChI is InChI=1S/C24H25N3O4/c1-15-12-22(28)31-21-14-17(9-10-18(15)21)26-23(29)20-8-5-11-27(20)24(30)19(25)13-16-6-3-2-4-7-16/h2-4,6-7,9-10,12,14,19-20H,5,8,11,13,25H2,1H3,(H,26,29)/t19-,20-/m0/s1. The van der Waals surface area contributed by atoms with E-state index in [9.17, 15) is 14.4 Å². The summed E-state index contributed by atoms with van der Waals surface area (Å²) in [5.41, 5.74) is 8.45. The molecule has 1 fully saturated rings. The molecule has 0 spiro atoms. The molecule has 7 nitrogen and oxygen atoms in total. The van der Waals surface area contributed by atoms with Crippen LogP contribution < -0.4 is 16.7 Å². The van der Waals surface area contributed by atoms with E-state index in [-0.39, 0.29) is 11.8 Å². The molecule has 2 atom stereocenters. The summed E-state index contributed by atoms with van der Waals surface area (Å²) in [5.74, 6) is -0.492. The van der Waals surface area contributed by atoms with Gasteiger partial charge in [0.1, 0.15) is 11.6 Å². The average molecular weight is 419 g/mol. The molecule has 31 heavy (non-hydrogen) atoms. The summed E-state index contributed by atoms with van der Waals surface area (Å²) < 4.78 is 5.25. The van der Waals surface area contributed by atoms with Crippen molar-refractivity contribution in [3.05, 3.63) is 76.1 Å². The lowest BCUT2D eigenvalue weighted by atomic mass is 10.1. The summed E-state index contributed by atoms with van der Waals surface area (Å²) in [6, 6.07) is 14.9. The van der Waals surface area contributed by atoms with E-state index in [0.29, 0.717) is 30.7 Å². The van der Waals surface area contributed by atoms with Crippen LogP contribution in [0.2, 0.25) is 0 Å². The normalized spacial score (nSPS) is 17.0. The number of nitrogens with one attached hydrogen (secondary N) is 1. The van der Waals surface area contributed by atoms with E-state index in [4.69, 9.17) is 10.2 Å². The molecule has 0 unspecified atom stereocenters. The van der Waals surface area contributed by atoms with Crippen LogP contribution in [0.15, 0.2) is 63.8 Å². The molecule has 3 N–H and O–H groups in total. The largest absolute Gasteiger partial charge is 0.423 e. The number of hydrogen-bond donors (Lipinski definition) is 2. The monoisotopic (exact) mass is 419 g/mol. The van der Waals surface area contributed by atoms with Gasteiger partial charge in [-0.1, -0.05) is 30.3 Å². The number of amides is 2. The van der Waals surface area contributed by atoms with Crippen LogP contribution >= 0.6 is 0 Å². The van der Waals surface area contributed by atoms with Crippen LogP contribution in [-0.2, 0) is 16.0 Å². The van der Waals surface area contributed by atoms with Gasteiger partial charge >= 0.3 is 5.63 Å². The Bertz CT molecular complexity index is 1170. The van der Waals surface area contributed by atoms with Gasteiger partial charge < -0.3 is 20.4 Å². The highest BCUT2D eigenvalue weighted by Crippen LogP contribution is 2.24. The summed E-state index contributed by atoms with van der Waals surface area (Å²) in [5, 5.41) is 3.66. The zero-order valence-corrected chi connectivity index (χ0v) is 17.3. The molecule has 0 saturated carbocycles. The second-order valence-electron chi connectivity index (χ2n) is 7.93. The molecule has 1 aliphatic heterocycles. The lowest BCUT2D eigenvalue weighted by Crippen LogP contribution is -2.50. The third-order valence-corrected chi connectivity index (χ3v) is 5.67. The van der Waals surface area contributed by atoms with Crippen LogP contribution in [0.1, 0.15) is 24.0 Å². The number of likely N-dealkylation sites (tertiary alicyclic amines) is 1. The minimum absolute atomic E-state index is 0.221. The lowest BCUT2D eigenvalue weighted by molar-refractivity contribution is -0.137. The Balaban J connectivity index is 1.47. The summed E-state index contributed by atoms with van der Waals surface area (Å²) in [7, 11) is 0. The van der Waals surface area contributed by atoms with Crippen molar-refractivity contribution >= 4 is 28.5 Å². The smallest absolute Gasteiger partial charge is 0.336 e. The second-order valence-corrected chi connectivity index (χ2v) is 7.93. The molecular weight excluding hydrogens is 394 g/mol. The fraction of sp³-hybridized carbons (Fsp3) is 0.292. The van der Waals surface area contributed by atoms with Crippen LogP contribution in [0, 0.1) is 6.92 Å². The maximum atomic E-state index is 12.9. The Morgan fingerprint density at radius 2 is 1.97 bits per heavy atom. The van der Waals surface area contributed by atoms with E-state index < -0.39 is 17.7 Å². The van der Waals surface area contributed by atoms with Crippen molar-refractivity contribution in [2.75, 3.05) is 11.9 Å². The van der Waals surface area contributed by atoms with Crippen molar-refractivity contribution in [3.8, 4) is 0 Å². The van der Waals surface area contributed by atoms with E-state index in [2.05, 4.69) is 5.32 Å². The molecule has 2 aromatic carbocycles. The average Bonchev–Trinajstić information content (AvgIpc) is 3.23. The second kappa shape index (κ2) is 8.73. The number of fused-ring (bicyclic) bond motifs is 1. The summed E-state index contributed by atoms with van der Waals surface area (Å²) in [6.07, 6.45) is 1.75. The molecule has 3 aromatic rings. The zero-order chi connectivity index (χ0) is 22.0. The van der Waals surface area contributed by atoms with Gasteiger partial charge in [-0.25, -0.2) is 4.79 Å². The molecule has 2 amide bonds. The Morgan fingerprint density at radius 3 is 2.74 bits per heavy atom. The Hall–Kier alpha value is -3.45. The summed E-state index contributed by atoms with van der Waals surface area (Å²) >= 11 is 0. The molecule has 160 valence electrons. The van der Waals surface area contributed by atoms with Gasteiger partial charge in [0.2, 0.25) is 11.8 Å². The highest BCUT2D eigenvalue weighted by atomic mass is 16.4. The Morgan fingerprint density at radius 1 is 1.19 bits per heavy atom. The van der Waals surface area contributed by atoms with E-state index >= 15 is 0 Å². The molecule has 1 saturated heterocycles. The molecule has 0 radical (unpaired) electrons. The van der Waals surface area contributed by atoms with Gasteiger partial charge in [0.05, 0.1) is 6.04 Å². The summed E-state index contributed by atoms with van der Waals surface area (Å²) in [6.45, 7) is 2.34. The molecule has 0 bridgehead atoms. The topological polar surface area (TPSA) is 106 Å². The van der Waals surface area contributed by atoms with E-state index in [0.717, 1.165) is 22.9 Å². The minimum atomic E-state index is -0.700. The van der Waals surface area contributed by atoms with Crippen molar-refractivity contribution in [1.29, 1.82) is 0 Å². The van der Waals surface area contributed by atoms with Crippen LogP contribution in [-0.4, -0.2) is 35.3 Å². The van der Waals surface area contributed by atoms with E-state index in [1.807, 2.05) is 37.3 Å². The number of hydrogen-bond acceptors (Lipinski definition) is 5. The van der Waals surface area contributed by atoms with Gasteiger partial charge in [-0.05, 0) is 49.4 Å². The first-order chi connectivity index (χ1) is 14.9. The van der Waals surface area contributed by atoms with Gasteiger partial charge in [0.15, 0.2) is 0 Å². The van der Waals surface area contributed by atoms with Gasteiger partial charge in [0, 0.05) is 29.8 Å². The molecule has 7 heteroatoms. The number of benzene rings is 2. The number of carbonyl (C=O) groups is 2. The van der Waals surface area contributed by atoms with Crippen molar-refractivity contribution in [1.82, 2.24) is 4.90 Å². The number of aryl methyl sites for hydroxylation is 1. The Labute approximate surface area is 179 Å². The predicted octanol–water partition coefficient (Wildman–Crippen LogP) is 2.60. The fourth-order valence-corrected chi connectivity index (χ4v) is 4.10. The molecule has 2 heterocycles. The first-order valence-corrected chi connectivity index (χ1v) is 10.4. The maximum absolute atomic E-state index is 12.9. The zero-order valence-electron chi connectivity index (χ0n) is 17.3. The molecule has 1 aliphatic rings. The predicted molar refractivity (Wildman–Crippen MR) is 119 cm³/mol. The third-order valence-electron chi connectivity index (χ3n) is 5.67. The van der Waals surface area contributed by atoms with Crippen molar-refractivity contribution < 1.29 is 14.0 Å². The Kier molecular flexibility index (Phi) is 5.86. The summed E-state index contributed by atoms with van der Waals surface area (Å²) in [4.78, 5) is 39.1. The van der Waals surface area contributed by atoms with Crippen LogP contribution in [0.4, 0.5) is 5.69 Å². The van der Waals surface area contributed by atoms with E-state index in [1.54, 1.807) is 23.1 Å². The van der Waals surface area contributed by atoms with Crippen LogP contribution in [0.5, 0.6) is 0 Å². The van der Waals surface area contributed by atoms with Crippen LogP contribution in [0.3, 0.4) is 0 Å². The molecular formula is C24H25N3O4. The molecule has 0 aliphatic carbocycles. The van der Waals surface area contributed by atoms with Gasteiger partial charge in [-0.15, -0.1) is 0 Å². The molecule has 4 rings (SSSR count). The maximum Gasteiger partial charge on any atom is 0.336 e. The highest BCUT2D eigenvalue weighted by molar-refractivity contribution is 5.99. The first-order valence-electron chi connectivity index (χ1n) is 10.4. The number of carbonyl (C=O) groups excluding carboxylic acids is 2. The van der Waals surface area contributed by atoms with Crippen molar-refractivity contribution in [2.45, 2.75) is 38.3 Å². The van der Waals surface area contributed by atoms with E-state index in [1.165, 1.54) is 6.07 Å². The van der Waals surface area contributed by atoms with Gasteiger partial charge in [-0.3, -0.25) is 9.59 Å². The van der Waals surface area contributed by atoms with Gasteiger partial charge in [-0.2, -0.15) is 0 Å². The fourth-order valence-electron chi connectivity index (χ4n) is 4.10. The first kappa shape index (κ1) is 20.8.